The summed E-state index contributed by atoms with van der Waals surface area (Å²) in [5.74, 6) is -0.320. The molecule has 1 saturated heterocycles. The highest BCUT2D eigenvalue weighted by atomic mass is 16.5. The molecule has 7 heteroatoms. The quantitative estimate of drug-likeness (QED) is 0.581. The SMILES string of the molecule is COc1ccc(C(N)=O)c(-c2ccc(-c3ccccc3)cc2)c1NC(=O)CN1CCOCC1. The molecule has 33 heavy (non-hydrogen) atoms. The minimum Gasteiger partial charge on any atom is -0.495 e. The fraction of sp³-hybridized carbons (Fsp3) is 0.231. The number of benzene rings is 3. The van der Waals surface area contributed by atoms with Gasteiger partial charge in [-0.05, 0) is 28.8 Å². The highest BCUT2D eigenvalue weighted by molar-refractivity contribution is 6.07. The second-order valence-electron chi connectivity index (χ2n) is 7.81. The first-order chi connectivity index (χ1) is 16.1. The molecule has 0 bridgehead atoms. The molecule has 0 radical (unpaired) electrons. The molecule has 3 N–H and O–H groups in total. The van der Waals surface area contributed by atoms with Crippen LogP contribution in [0.4, 0.5) is 5.69 Å². The molecule has 7 nitrogen and oxygen atoms in total. The summed E-state index contributed by atoms with van der Waals surface area (Å²) in [6.45, 7) is 2.82. The Morgan fingerprint density at radius 3 is 2.21 bits per heavy atom. The van der Waals surface area contributed by atoms with Crippen LogP contribution in [-0.4, -0.2) is 56.7 Å². The molecule has 0 spiro atoms. The summed E-state index contributed by atoms with van der Waals surface area (Å²) in [5.41, 5.74) is 9.86. The molecule has 170 valence electrons. The number of amides is 2. The summed E-state index contributed by atoms with van der Waals surface area (Å²) in [6.07, 6.45) is 0. The van der Waals surface area contributed by atoms with Gasteiger partial charge >= 0.3 is 0 Å². The lowest BCUT2D eigenvalue weighted by Gasteiger charge is -2.26. The first-order valence-electron chi connectivity index (χ1n) is 10.8. The highest BCUT2D eigenvalue weighted by Crippen LogP contribution is 2.39. The van der Waals surface area contributed by atoms with Crippen molar-refractivity contribution in [1.29, 1.82) is 0 Å². The minimum absolute atomic E-state index is 0.195. The van der Waals surface area contributed by atoms with E-state index in [1.54, 1.807) is 12.1 Å². The normalized spacial score (nSPS) is 14.0. The van der Waals surface area contributed by atoms with Crippen molar-refractivity contribution >= 4 is 17.5 Å². The van der Waals surface area contributed by atoms with Crippen LogP contribution in [0.3, 0.4) is 0 Å². The molecule has 3 aromatic rings. The molecule has 0 aliphatic carbocycles. The van der Waals surface area contributed by atoms with Crippen molar-refractivity contribution in [2.45, 2.75) is 0 Å². The van der Waals surface area contributed by atoms with Crippen LogP contribution in [0.15, 0.2) is 66.7 Å². The number of morpholine rings is 1. The van der Waals surface area contributed by atoms with Crippen molar-refractivity contribution in [3.8, 4) is 28.0 Å². The van der Waals surface area contributed by atoms with Crippen molar-refractivity contribution in [3.05, 3.63) is 72.3 Å². The maximum absolute atomic E-state index is 12.9. The molecular formula is C26H27N3O4. The van der Waals surface area contributed by atoms with E-state index in [9.17, 15) is 9.59 Å². The molecule has 4 rings (SSSR count). The second kappa shape index (κ2) is 10.3. The largest absolute Gasteiger partial charge is 0.495 e. The first-order valence-corrected chi connectivity index (χ1v) is 10.8. The molecule has 1 fully saturated rings. The summed E-state index contributed by atoms with van der Waals surface area (Å²) in [4.78, 5) is 27.2. The third-order valence-corrected chi connectivity index (χ3v) is 5.67. The van der Waals surface area contributed by atoms with E-state index in [4.69, 9.17) is 15.2 Å². The average molecular weight is 446 g/mol. The van der Waals surface area contributed by atoms with Gasteiger partial charge in [-0.1, -0.05) is 54.6 Å². The van der Waals surface area contributed by atoms with Crippen LogP contribution in [-0.2, 0) is 9.53 Å². The number of hydrogen-bond donors (Lipinski definition) is 2. The molecule has 0 aromatic heterocycles. The number of primary amides is 1. The molecule has 0 unspecified atom stereocenters. The summed E-state index contributed by atoms with van der Waals surface area (Å²) >= 11 is 0. The zero-order chi connectivity index (χ0) is 23.2. The van der Waals surface area contributed by atoms with Crippen LogP contribution in [0.1, 0.15) is 10.4 Å². The number of nitrogens with zero attached hydrogens (tertiary/aromatic N) is 1. The number of nitrogens with two attached hydrogens (primary N) is 1. The van der Waals surface area contributed by atoms with Crippen LogP contribution in [0.5, 0.6) is 5.75 Å². The third-order valence-electron chi connectivity index (χ3n) is 5.67. The van der Waals surface area contributed by atoms with Crippen molar-refractivity contribution in [2.24, 2.45) is 5.73 Å². The predicted octanol–water partition coefficient (Wildman–Crippen LogP) is 3.40. The number of anilines is 1. The van der Waals surface area contributed by atoms with E-state index in [0.29, 0.717) is 48.9 Å². The van der Waals surface area contributed by atoms with Gasteiger partial charge < -0.3 is 20.5 Å². The number of nitrogens with one attached hydrogen (secondary N) is 1. The monoisotopic (exact) mass is 445 g/mol. The molecule has 1 heterocycles. The summed E-state index contributed by atoms with van der Waals surface area (Å²) in [6, 6.07) is 21.1. The predicted molar refractivity (Wildman–Crippen MR) is 128 cm³/mol. The Labute approximate surface area is 193 Å². The van der Waals surface area contributed by atoms with Crippen molar-refractivity contribution in [1.82, 2.24) is 4.90 Å². The maximum Gasteiger partial charge on any atom is 0.249 e. The number of methoxy groups -OCH3 is 1. The van der Waals surface area contributed by atoms with Gasteiger partial charge in [0.25, 0.3) is 0 Å². The van der Waals surface area contributed by atoms with Gasteiger partial charge in [0.05, 0.1) is 32.6 Å². The zero-order valence-corrected chi connectivity index (χ0v) is 18.5. The number of hydrogen-bond acceptors (Lipinski definition) is 5. The Kier molecular flexibility index (Phi) is 7.02. The van der Waals surface area contributed by atoms with E-state index in [2.05, 4.69) is 5.32 Å². The van der Waals surface area contributed by atoms with Crippen LogP contribution in [0, 0.1) is 0 Å². The zero-order valence-electron chi connectivity index (χ0n) is 18.5. The topological polar surface area (TPSA) is 93.9 Å². The van der Waals surface area contributed by atoms with Crippen molar-refractivity contribution in [3.63, 3.8) is 0 Å². The summed E-state index contributed by atoms with van der Waals surface area (Å²) < 4.78 is 10.9. The van der Waals surface area contributed by atoms with Gasteiger partial charge in [0.1, 0.15) is 5.75 Å². The second-order valence-corrected chi connectivity index (χ2v) is 7.81. The number of carbonyl (C=O) groups excluding carboxylic acids is 2. The molecule has 3 aromatic carbocycles. The van der Waals surface area contributed by atoms with Gasteiger partial charge in [-0.15, -0.1) is 0 Å². The van der Waals surface area contributed by atoms with E-state index < -0.39 is 5.91 Å². The van der Waals surface area contributed by atoms with Crippen molar-refractivity contribution in [2.75, 3.05) is 45.3 Å². The van der Waals surface area contributed by atoms with Crippen LogP contribution in [0.2, 0.25) is 0 Å². The van der Waals surface area contributed by atoms with E-state index in [0.717, 1.165) is 16.7 Å². The van der Waals surface area contributed by atoms with Gasteiger partial charge in [0, 0.05) is 24.2 Å². The fourth-order valence-electron chi connectivity index (χ4n) is 3.98. The van der Waals surface area contributed by atoms with Gasteiger partial charge in [-0.2, -0.15) is 0 Å². The highest BCUT2D eigenvalue weighted by Gasteiger charge is 2.22. The van der Waals surface area contributed by atoms with Crippen LogP contribution in [0.25, 0.3) is 22.3 Å². The molecular weight excluding hydrogens is 418 g/mol. The van der Waals surface area contributed by atoms with Crippen LogP contribution < -0.4 is 15.8 Å². The Morgan fingerprint density at radius 1 is 0.939 bits per heavy atom. The Hall–Kier alpha value is -3.68. The maximum atomic E-state index is 12.9. The van der Waals surface area contributed by atoms with Gasteiger partial charge in [-0.3, -0.25) is 14.5 Å². The Morgan fingerprint density at radius 2 is 1.58 bits per heavy atom. The fourth-order valence-corrected chi connectivity index (χ4v) is 3.98. The van der Waals surface area contributed by atoms with E-state index in [1.807, 2.05) is 59.5 Å². The lowest BCUT2D eigenvalue weighted by molar-refractivity contribution is -0.118. The smallest absolute Gasteiger partial charge is 0.249 e. The number of rotatable bonds is 7. The summed E-state index contributed by atoms with van der Waals surface area (Å²) in [5, 5.41) is 2.96. The molecule has 0 saturated carbocycles. The lowest BCUT2D eigenvalue weighted by Crippen LogP contribution is -2.41. The lowest BCUT2D eigenvalue weighted by atomic mass is 9.94. The third kappa shape index (κ3) is 5.22. The standard InChI is InChI=1S/C26H27N3O4/c1-32-22-12-11-21(26(27)31)24(25(22)28-23(30)17-29-13-15-33-16-14-29)20-9-7-19(8-10-20)18-5-3-2-4-6-18/h2-12H,13-17H2,1H3,(H2,27,31)(H,28,30). The molecule has 0 atom stereocenters. The van der Waals surface area contributed by atoms with Gasteiger partial charge in [0.2, 0.25) is 11.8 Å². The molecule has 1 aliphatic heterocycles. The van der Waals surface area contributed by atoms with E-state index >= 15 is 0 Å². The summed E-state index contributed by atoms with van der Waals surface area (Å²) in [7, 11) is 1.53. The van der Waals surface area contributed by atoms with Gasteiger partial charge in [0.15, 0.2) is 0 Å². The number of carbonyl (C=O) groups is 2. The van der Waals surface area contributed by atoms with Gasteiger partial charge in [-0.25, -0.2) is 0 Å². The Balaban J connectivity index is 1.71. The van der Waals surface area contributed by atoms with E-state index in [-0.39, 0.29) is 12.5 Å². The Bertz CT molecular complexity index is 1120. The average Bonchev–Trinajstić information content (AvgIpc) is 2.85. The first kappa shape index (κ1) is 22.5. The van der Waals surface area contributed by atoms with Crippen molar-refractivity contribution < 1.29 is 19.1 Å². The minimum atomic E-state index is -0.580. The molecule has 2 amide bonds. The van der Waals surface area contributed by atoms with E-state index in [1.165, 1.54) is 7.11 Å². The van der Waals surface area contributed by atoms with Crippen LogP contribution >= 0.6 is 0 Å². The molecule has 1 aliphatic rings. The number of ether oxygens (including phenoxy) is 2.